The number of halogens is 1. The maximum absolute atomic E-state index is 11.9. The van der Waals surface area contributed by atoms with Gasteiger partial charge in [0.1, 0.15) is 0 Å². The quantitative estimate of drug-likeness (QED) is 0.881. The molecule has 0 saturated heterocycles. The molecule has 0 radical (unpaired) electrons. The number of hydrogen-bond donors (Lipinski definition) is 1. The van der Waals surface area contributed by atoms with E-state index in [1.54, 1.807) is 0 Å². The minimum atomic E-state index is 0.0197. The molecule has 0 aliphatic carbocycles. The Kier molecular flexibility index (Phi) is 4.75. The lowest BCUT2D eigenvalue weighted by Crippen LogP contribution is -2.20. The van der Waals surface area contributed by atoms with Crippen molar-refractivity contribution in [3.63, 3.8) is 0 Å². The molecule has 1 N–H and O–H groups in total. The Morgan fingerprint density at radius 2 is 2.00 bits per heavy atom. The van der Waals surface area contributed by atoms with Crippen molar-refractivity contribution in [3.8, 4) is 0 Å². The number of anilines is 1. The molecule has 0 spiro atoms. The molecule has 0 aliphatic rings. The highest BCUT2D eigenvalue weighted by atomic mass is 79.9. The van der Waals surface area contributed by atoms with Crippen LogP contribution in [0.25, 0.3) is 0 Å². The molecule has 0 fully saturated rings. The zero-order valence-electron chi connectivity index (χ0n) is 10.9. The van der Waals surface area contributed by atoms with E-state index in [9.17, 15) is 4.79 Å². The van der Waals surface area contributed by atoms with E-state index in [2.05, 4.69) is 48.9 Å². The van der Waals surface area contributed by atoms with Crippen molar-refractivity contribution in [2.75, 3.05) is 5.32 Å². The average molecular weight is 298 g/mol. The molecular weight excluding hydrogens is 278 g/mol. The molecule has 0 aromatic heterocycles. The highest BCUT2D eigenvalue weighted by molar-refractivity contribution is 9.10. The first kappa shape index (κ1) is 14.2. The smallest absolute Gasteiger partial charge is 0.224 e. The zero-order valence-corrected chi connectivity index (χ0v) is 12.5. The molecule has 1 aromatic rings. The van der Waals surface area contributed by atoms with Gasteiger partial charge in [-0.25, -0.2) is 0 Å². The van der Waals surface area contributed by atoms with Crippen LogP contribution in [0.4, 0.5) is 5.69 Å². The summed E-state index contributed by atoms with van der Waals surface area (Å²) in [6.07, 6.45) is 1.44. The third-order valence-corrected chi connectivity index (χ3v) is 2.91. The van der Waals surface area contributed by atoms with E-state index >= 15 is 0 Å². The number of amides is 1. The number of aryl methyl sites for hydroxylation is 1. The van der Waals surface area contributed by atoms with Gasteiger partial charge in [0, 0.05) is 16.6 Å². The SMILES string of the molecule is CCc1cc(Br)ccc1NC(=O)CC(C)(C)C. The molecule has 0 unspecified atom stereocenters. The van der Waals surface area contributed by atoms with Crippen LogP contribution < -0.4 is 5.32 Å². The second-order valence-corrected chi connectivity index (χ2v) is 6.36. The molecule has 0 heterocycles. The van der Waals surface area contributed by atoms with Gasteiger partial charge in [0.15, 0.2) is 0 Å². The van der Waals surface area contributed by atoms with Gasteiger partial charge in [0.05, 0.1) is 0 Å². The Bertz CT molecular complexity index is 407. The fourth-order valence-corrected chi connectivity index (χ4v) is 2.06. The first-order chi connectivity index (χ1) is 7.81. The van der Waals surface area contributed by atoms with Gasteiger partial charge in [-0.05, 0) is 35.6 Å². The molecule has 17 heavy (non-hydrogen) atoms. The Hall–Kier alpha value is -0.830. The van der Waals surface area contributed by atoms with Crippen LogP contribution in [-0.4, -0.2) is 5.91 Å². The van der Waals surface area contributed by atoms with Crippen molar-refractivity contribution in [3.05, 3.63) is 28.2 Å². The summed E-state index contributed by atoms with van der Waals surface area (Å²) in [5.41, 5.74) is 2.10. The van der Waals surface area contributed by atoms with E-state index in [0.717, 1.165) is 22.1 Å². The van der Waals surface area contributed by atoms with E-state index in [1.165, 1.54) is 0 Å². The van der Waals surface area contributed by atoms with Crippen molar-refractivity contribution in [1.82, 2.24) is 0 Å². The Morgan fingerprint density at radius 3 is 2.53 bits per heavy atom. The second-order valence-electron chi connectivity index (χ2n) is 5.44. The van der Waals surface area contributed by atoms with Crippen LogP contribution in [0.1, 0.15) is 39.7 Å². The van der Waals surface area contributed by atoms with Crippen molar-refractivity contribution in [1.29, 1.82) is 0 Å². The first-order valence-corrected chi connectivity index (χ1v) is 6.69. The summed E-state index contributed by atoms with van der Waals surface area (Å²) < 4.78 is 1.04. The summed E-state index contributed by atoms with van der Waals surface area (Å²) >= 11 is 3.44. The monoisotopic (exact) mass is 297 g/mol. The molecular formula is C14H20BrNO. The van der Waals surface area contributed by atoms with Crippen LogP contribution in [0.5, 0.6) is 0 Å². The van der Waals surface area contributed by atoms with Gasteiger partial charge < -0.3 is 5.32 Å². The highest BCUT2D eigenvalue weighted by Crippen LogP contribution is 2.24. The van der Waals surface area contributed by atoms with Gasteiger partial charge in [0.2, 0.25) is 5.91 Å². The summed E-state index contributed by atoms with van der Waals surface area (Å²) in [5, 5.41) is 2.99. The van der Waals surface area contributed by atoms with E-state index in [-0.39, 0.29) is 11.3 Å². The number of carbonyl (C=O) groups is 1. The van der Waals surface area contributed by atoms with Gasteiger partial charge in [0.25, 0.3) is 0 Å². The van der Waals surface area contributed by atoms with E-state index < -0.39 is 0 Å². The van der Waals surface area contributed by atoms with Crippen LogP contribution in [-0.2, 0) is 11.2 Å². The van der Waals surface area contributed by atoms with Gasteiger partial charge >= 0.3 is 0 Å². The van der Waals surface area contributed by atoms with Gasteiger partial charge in [-0.15, -0.1) is 0 Å². The van der Waals surface area contributed by atoms with Crippen LogP contribution >= 0.6 is 15.9 Å². The van der Waals surface area contributed by atoms with E-state index in [1.807, 2.05) is 18.2 Å². The number of hydrogen-bond acceptors (Lipinski definition) is 1. The summed E-state index contributed by atoms with van der Waals surface area (Å²) in [6, 6.07) is 5.95. The molecule has 1 rings (SSSR count). The molecule has 1 amide bonds. The molecule has 0 aliphatic heterocycles. The van der Waals surface area contributed by atoms with Crippen molar-refractivity contribution in [2.45, 2.75) is 40.5 Å². The van der Waals surface area contributed by atoms with E-state index in [4.69, 9.17) is 0 Å². The first-order valence-electron chi connectivity index (χ1n) is 5.90. The number of carbonyl (C=O) groups excluding carboxylic acids is 1. The number of benzene rings is 1. The lowest BCUT2D eigenvalue weighted by molar-refractivity contribution is -0.117. The molecule has 3 heteroatoms. The number of nitrogens with one attached hydrogen (secondary N) is 1. The predicted octanol–water partition coefficient (Wildman–Crippen LogP) is 4.39. The Morgan fingerprint density at radius 1 is 1.35 bits per heavy atom. The highest BCUT2D eigenvalue weighted by Gasteiger charge is 2.16. The van der Waals surface area contributed by atoms with Crippen LogP contribution in [0, 0.1) is 5.41 Å². The molecule has 0 bridgehead atoms. The van der Waals surface area contributed by atoms with Crippen LogP contribution in [0.15, 0.2) is 22.7 Å². The van der Waals surface area contributed by atoms with Crippen molar-refractivity contribution < 1.29 is 4.79 Å². The zero-order chi connectivity index (χ0) is 13.1. The average Bonchev–Trinajstić information content (AvgIpc) is 2.17. The minimum Gasteiger partial charge on any atom is -0.326 e. The number of rotatable bonds is 3. The summed E-state index contributed by atoms with van der Waals surface area (Å²) in [5.74, 6) is 0.0783. The third-order valence-electron chi connectivity index (χ3n) is 2.41. The van der Waals surface area contributed by atoms with Crippen LogP contribution in [0.3, 0.4) is 0 Å². The normalized spacial score (nSPS) is 11.4. The van der Waals surface area contributed by atoms with E-state index in [0.29, 0.717) is 6.42 Å². The molecule has 1 aromatic carbocycles. The minimum absolute atomic E-state index is 0.0197. The maximum atomic E-state index is 11.9. The third kappa shape index (κ3) is 4.90. The Balaban J connectivity index is 2.78. The fourth-order valence-electron chi connectivity index (χ4n) is 1.65. The van der Waals surface area contributed by atoms with Gasteiger partial charge in [-0.1, -0.05) is 43.6 Å². The fraction of sp³-hybridized carbons (Fsp3) is 0.500. The topological polar surface area (TPSA) is 29.1 Å². The lowest BCUT2D eigenvalue weighted by Gasteiger charge is -2.18. The largest absolute Gasteiger partial charge is 0.326 e. The summed E-state index contributed by atoms with van der Waals surface area (Å²) in [6.45, 7) is 8.28. The predicted molar refractivity (Wildman–Crippen MR) is 76.2 cm³/mol. The van der Waals surface area contributed by atoms with Gasteiger partial charge in [-0.2, -0.15) is 0 Å². The Labute approximate surface area is 112 Å². The summed E-state index contributed by atoms with van der Waals surface area (Å²) in [7, 11) is 0. The van der Waals surface area contributed by atoms with Crippen LogP contribution in [0.2, 0.25) is 0 Å². The summed E-state index contributed by atoms with van der Waals surface area (Å²) in [4.78, 5) is 11.9. The molecule has 0 atom stereocenters. The standard InChI is InChI=1S/C14H20BrNO/c1-5-10-8-11(15)6-7-12(10)16-13(17)9-14(2,3)4/h6-8H,5,9H2,1-4H3,(H,16,17). The second kappa shape index (κ2) is 5.67. The maximum Gasteiger partial charge on any atom is 0.224 e. The molecule has 2 nitrogen and oxygen atoms in total. The van der Waals surface area contributed by atoms with Crippen molar-refractivity contribution >= 4 is 27.5 Å². The van der Waals surface area contributed by atoms with Crippen molar-refractivity contribution in [2.24, 2.45) is 5.41 Å². The molecule has 94 valence electrons. The lowest BCUT2D eigenvalue weighted by atomic mass is 9.92. The molecule has 0 saturated carbocycles. The van der Waals surface area contributed by atoms with Gasteiger partial charge in [-0.3, -0.25) is 4.79 Å².